The molecule has 1 aromatic carbocycles. The number of hydrogen-bond acceptors (Lipinski definition) is 4. The van der Waals surface area contributed by atoms with Gasteiger partial charge in [0, 0.05) is 11.1 Å². The van der Waals surface area contributed by atoms with Gasteiger partial charge in [0.2, 0.25) is 0 Å². The summed E-state index contributed by atoms with van der Waals surface area (Å²) >= 11 is -2.34. The minimum Gasteiger partial charge on any atom is -0.478 e. The summed E-state index contributed by atoms with van der Waals surface area (Å²) in [5, 5.41) is 7.57. The molecule has 0 amide bonds. The van der Waals surface area contributed by atoms with Crippen LogP contribution in [0.5, 0.6) is 0 Å². The summed E-state index contributed by atoms with van der Waals surface area (Å²) in [5.74, 6) is -3.09. The summed E-state index contributed by atoms with van der Waals surface area (Å²) in [4.78, 5) is 11.1. The molecule has 7 nitrogen and oxygen atoms in total. The van der Waals surface area contributed by atoms with Gasteiger partial charge in [-0.1, -0.05) is 6.07 Å². The van der Waals surface area contributed by atoms with Gasteiger partial charge in [0.1, 0.15) is 5.82 Å². The van der Waals surface area contributed by atoms with E-state index in [9.17, 15) is 21.8 Å². The van der Waals surface area contributed by atoms with Crippen molar-refractivity contribution in [1.82, 2.24) is 0 Å². The van der Waals surface area contributed by atoms with Crippen molar-refractivity contribution in [2.75, 3.05) is 0 Å². The zero-order valence-corrected chi connectivity index (χ0v) is 12.4. The topological polar surface area (TPSA) is 129 Å². The molecule has 118 valence electrons. The standard InChI is InChI=1S/C11H13FO7S2/c1-6(21(17,18)19)4-9-8(11(13)14)3-2-7(10(9)12)5-20(15)16/h2-3,6H,4-5H2,1H3,(H,13,14)(H,15,16)(H,17,18,19). The van der Waals surface area contributed by atoms with Crippen molar-refractivity contribution in [2.45, 2.75) is 24.3 Å². The fourth-order valence-corrected chi connectivity index (χ4v) is 2.57. The zero-order chi connectivity index (χ0) is 16.4. The third-order valence-corrected chi connectivity index (χ3v) is 4.57. The summed E-state index contributed by atoms with van der Waals surface area (Å²) in [6.07, 6.45) is -0.571. The number of carbonyl (C=O) groups is 1. The lowest BCUT2D eigenvalue weighted by Crippen LogP contribution is -2.22. The fourth-order valence-electron chi connectivity index (χ4n) is 1.71. The maximum absolute atomic E-state index is 14.2. The van der Waals surface area contributed by atoms with E-state index in [4.69, 9.17) is 14.2 Å². The Balaban J connectivity index is 3.37. The summed E-state index contributed by atoms with van der Waals surface area (Å²) in [7, 11) is -4.47. The molecule has 3 N–H and O–H groups in total. The Kier molecular flexibility index (Phi) is 5.56. The molecule has 1 aromatic rings. The van der Waals surface area contributed by atoms with Gasteiger partial charge < -0.3 is 9.66 Å². The highest BCUT2D eigenvalue weighted by atomic mass is 32.2. The normalized spacial score (nSPS) is 14.7. The molecule has 21 heavy (non-hydrogen) atoms. The van der Waals surface area contributed by atoms with Gasteiger partial charge in [-0.25, -0.2) is 13.4 Å². The quantitative estimate of drug-likeness (QED) is 0.521. The van der Waals surface area contributed by atoms with Gasteiger partial charge in [0.25, 0.3) is 10.1 Å². The van der Waals surface area contributed by atoms with Crippen LogP contribution in [0.25, 0.3) is 0 Å². The number of halogens is 1. The first-order chi connectivity index (χ1) is 9.54. The molecule has 0 aromatic heterocycles. The maximum atomic E-state index is 14.2. The first-order valence-electron chi connectivity index (χ1n) is 5.61. The highest BCUT2D eigenvalue weighted by molar-refractivity contribution is 7.86. The third kappa shape index (κ3) is 4.56. The minimum atomic E-state index is -4.47. The monoisotopic (exact) mass is 340 g/mol. The van der Waals surface area contributed by atoms with Crippen molar-refractivity contribution >= 4 is 27.2 Å². The van der Waals surface area contributed by atoms with Gasteiger partial charge in [-0.2, -0.15) is 8.42 Å². The molecule has 0 aliphatic heterocycles. The van der Waals surface area contributed by atoms with Crippen LogP contribution >= 0.6 is 0 Å². The molecule has 0 saturated carbocycles. The van der Waals surface area contributed by atoms with Crippen molar-refractivity contribution in [3.8, 4) is 0 Å². The molecule has 0 saturated heterocycles. The van der Waals surface area contributed by atoms with Gasteiger partial charge in [0.05, 0.1) is 16.6 Å². The highest BCUT2D eigenvalue weighted by Crippen LogP contribution is 2.22. The van der Waals surface area contributed by atoms with Crippen LogP contribution in [0.3, 0.4) is 0 Å². The van der Waals surface area contributed by atoms with Crippen LogP contribution in [0.1, 0.15) is 28.4 Å². The Bertz CT molecular complexity index is 684. The van der Waals surface area contributed by atoms with Gasteiger partial charge in [0.15, 0.2) is 11.1 Å². The number of aromatic carboxylic acids is 1. The van der Waals surface area contributed by atoms with E-state index in [1.807, 2.05) is 0 Å². The third-order valence-electron chi connectivity index (χ3n) is 2.83. The SMILES string of the molecule is CC(Cc1c(C(=O)O)ccc(CS(=O)O)c1F)S(=O)(=O)O. The highest BCUT2D eigenvalue weighted by Gasteiger charge is 2.25. The van der Waals surface area contributed by atoms with Crippen molar-refractivity contribution in [3.05, 3.63) is 34.6 Å². The van der Waals surface area contributed by atoms with E-state index >= 15 is 0 Å². The average Bonchev–Trinajstić information content (AvgIpc) is 2.31. The van der Waals surface area contributed by atoms with Gasteiger partial charge >= 0.3 is 5.97 Å². The van der Waals surface area contributed by atoms with E-state index in [1.54, 1.807) is 0 Å². The van der Waals surface area contributed by atoms with Gasteiger partial charge in [-0.3, -0.25) is 4.55 Å². The van der Waals surface area contributed by atoms with E-state index in [2.05, 4.69) is 0 Å². The summed E-state index contributed by atoms with van der Waals surface area (Å²) < 4.78 is 64.6. The fraction of sp³-hybridized carbons (Fsp3) is 0.364. The van der Waals surface area contributed by atoms with Crippen LogP contribution in [-0.4, -0.2) is 38.1 Å². The number of carboxylic acids is 1. The van der Waals surface area contributed by atoms with E-state index in [0.717, 1.165) is 19.1 Å². The van der Waals surface area contributed by atoms with E-state index in [-0.39, 0.29) is 5.56 Å². The van der Waals surface area contributed by atoms with E-state index < -0.39 is 61.5 Å². The summed E-state index contributed by atoms with van der Waals surface area (Å²) in [6.45, 7) is 1.09. The minimum absolute atomic E-state index is 0.210. The summed E-state index contributed by atoms with van der Waals surface area (Å²) in [5.41, 5.74) is -1.11. The molecular formula is C11H13FO7S2. The Hall–Kier alpha value is -1.36. The molecule has 10 heteroatoms. The zero-order valence-electron chi connectivity index (χ0n) is 10.8. The molecular weight excluding hydrogens is 327 g/mol. The lowest BCUT2D eigenvalue weighted by molar-refractivity contribution is 0.0695. The number of hydrogen-bond donors (Lipinski definition) is 3. The number of benzene rings is 1. The van der Waals surface area contributed by atoms with Crippen LogP contribution in [-0.2, 0) is 33.4 Å². The first-order valence-corrected chi connectivity index (χ1v) is 8.39. The lowest BCUT2D eigenvalue weighted by Gasteiger charge is -2.14. The second-order valence-electron chi connectivity index (χ2n) is 4.37. The molecule has 0 bridgehead atoms. The van der Waals surface area contributed by atoms with Crippen molar-refractivity contribution in [1.29, 1.82) is 0 Å². The molecule has 2 unspecified atom stereocenters. The number of rotatable bonds is 6. The molecule has 0 radical (unpaired) electrons. The largest absolute Gasteiger partial charge is 0.478 e. The average molecular weight is 340 g/mol. The molecule has 0 fully saturated rings. The van der Waals surface area contributed by atoms with Gasteiger partial charge in [-0.05, 0) is 19.4 Å². The van der Waals surface area contributed by atoms with Crippen molar-refractivity contribution in [3.63, 3.8) is 0 Å². The van der Waals surface area contributed by atoms with Crippen LogP contribution in [0.4, 0.5) is 4.39 Å². The Morgan fingerprint density at radius 1 is 1.43 bits per heavy atom. The van der Waals surface area contributed by atoms with Crippen molar-refractivity contribution in [2.24, 2.45) is 0 Å². The molecule has 0 aliphatic rings. The Labute approximate surface area is 122 Å². The smallest absolute Gasteiger partial charge is 0.336 e. The molecule has 0 heterocycles. The molecule has 2 atom stereocenters. The Morgan fingerprint density at radius 3 is 2.43 bits per heavy atom. The predicted molar refractivity (Wildman–Crippen MR) is 72.5 cm³/mol. The Morgan fingerprint density at radius 2 is 2.00 bits per heavy atom. The molecule has 0 aliphatic carbocycles. The first kappa shape index (κ1) is 17.7. The van der Waals surface area contributed by atoms with E-state index in [0.29, 0.717) is 0 Å². The maximum Gasteiger partial charge on any atom is 0.336 e. The predicted octanol–water partition coefficient (Wildman–Crippen LogP) is 1.06. The summed E-state index contributed by atoms with van der Waals surface area (Å²) in [6, 6.07) is 2.08. The van der Waals surface area contributed by atoms with Crippen LogP contribution < -0.4 is 0 Å². The van der Waals surface area contributed by atoms with Crippen LogP contribution in [0.15, 0.2) is 12.1 Å². The van der Waals surface area contributed by atoms with Crippen LogP contribution in [0, 0.1) is 5.82 Å². The molecule has 0 spiro atoms. The molecule has 1 rings (SSSR count). The second-order valence-corrected chi connectivity index (χ2v) is 7.13. The second kappa shape index (κ2) is 6.60. The lowest BCUT2D eigenvalue weighted by atomic mass is 9.99. The van der Waals surface area contributed by atoms with Gasteiger partial charge in [-0.15, -0.1) is 0 Å². The number of carboxylic acid groups (broad SMARTS) is 1. The van der Waals surface area contributed by atoms with Crippen molar-refractivity contribution < 1.29 is 36.0 Å². The van der Waals surface area contributed by atoms with Crippen LogP contribution in [0.2, 0.25) is 0 Å². The van der Waals surface area contributed by atoms with E-state index in [1.165, 1.54) is 0 Å².